The van der Waals surface area contributed by atoms with E-state index in [2.05, 4.69) is 26.6 Å². The van der Waals surface area contributed by atoms with Gasteiger partial charge in [-0.1, -0.05) is 0 Å². The largest absolute Gasteiger partial charge is 0.346 e. The molecular weight excluding hydrogens is 328 g/mol. The highest BCUT2D eigenvalue weighted by Crippen LogP contribution is 2.43. The molecule has 1 amide bonds. The maximum atomic E-state index is 12.5. The monoisotopic (exact) mass is 352 g/mol. The second kappa shape index (κ2) is 6.55. The molecule has 4 rings (SSSR count). The van der Waals surface area contributed by atoms with Gasteiger partial charge in [0, 0.05) is 24.3 Å². The Morgan fingerprint density at radius 2 is 2.15 bits per heavy atom. The maximum absolute atomic E-state index is 12.5. The average Bonchev–Trinajstić information content (AvgIpc) is 3.27. The Hall–Kier alpha value is -2.70. The fraction of sp³-hybridized carbons (Fsp3) is 0.474. The molecule has 1 saturated carbocycles. The van der Waals surface area contributed by atoms with Gasteiger partial charge in [-0.15, -0.1) is 0 Å². The molecule has 136 valence electrons. The lowest BCUT2D eigenvalue weighted by Gasteiger charge is -2.12. The highest BCUT2D eigenvalue weighted by Gasteiger charge is 2.27. The topological polar surface area (TPSA) is 77.6 Å². The van der Waals surface area contributed by atoms with E-state index in [0.29, 0.717) is 5.92 Å². The second-order valence-corrected chi connectivity index (χ2v) is 7.00. The van der Waals surface area contributed by atoms with Gasteiger partial charge in [-0.05, 0) is 57.2 Å². The molecule has 0 saturated heterocycles. The molecule has 1 aliphatic rings. The molecule has 0 spiro atoms. The van der Waals surface area contributed by atoms with Crippen molar-refractivity contribution in [3.8, 4) is 0 Å². The molecule has 3 aromatic heterocycles. The van der Waals surface area contributed by atoms with E-state index >= 15 is 0 Å². The van der Waals surface area contributed by atoms with Gasteiger partial charge in [-0.25, -0.2) is 9.67 Å². The Bertz CT molecular complexity index is 952. The van der Waals surface area contributed by atoms with E-state index in [1.54, 1.807) is 4.68 Å². The fourth-order valence-corrected chi connectivity index (χ4v) is 3.44. The van der Waals surface area contributed by atoms with Gasteiger partial charge < -0.3 is 5.32 Å². The minimum absolute atomic E-state index is 0.0911. The van der Waals surface area contributed by atoms with Crippen LogP contribution in [-0.4, -0.2) is 30.5 Å². The Labute approximate surface area is 152 Å². The Morgan fingerprint density at radius 1 is 1.35 bits per heavy atom. The summed E-state index contributed by atoms with van der Waals surface area (Å²) in [5.41, 5.74) is 3.91. The number of fused-ring (bicyclic) bond motifs is 1. The summed E-state index contributed by atoms with van der Waals surface area (Å²) in [7, 11) is 0. The zero-order valence-electron chi connectivity index (χ0n) is 15.4. The summed E-state index contributed by atoms with van der Waals surface area (Å²) in [5, 5.41) is 13.1. The number of amides is 1. The van der Waals surface area contributed by atoms with E-state index in [1.165, 1.54) is 18.4 Å². The molecule has 0 bridgehead atoms. The molecule has 1 unspecified atom stereocenters. The van der Waals surface area contributed by atoms with Gasteiger partial charge in [0.15, 0.2) is 5.65 Å². The smallest absolute Gasteiger partial charge is 0.242 e. The standard InChI is InChI=1S/C19H24N6O/c1-4-24-10-8-16(23-24)12(2)21-17(26)11-25-19-18(13(3)22-25)15(7-9-20-19)14-5-6-14/h7-10,12,14H,4-6,11H2,1-3H3,(H,21,26). The summed E-state index contributed by atoms with van der Waals surface area (Å²) in [4.78, 5) is 17.0. The van der Waals surface area contributed by atoms with Crippen LogP contribution in [0.25, 0.3) is 11.0 Å². The molecule has 0 radical (unpaired) electrons. The lowest BCUT2D eigenvalue weighted by atomic mass is 10.1. The second-order valence-electron chi connectivity index (χ2n) is 7.00. The number of rotatable bonds is 6. The predicted octanol–water partition coefficient (Wildman–Crippen LogP) is 2.71. The lowest BCUT2D eigenvalue weighted by Crippen LogP contribution is -2.30. The summed E-state index contributed by atoms with van der Waals surface area (Å²) in [6, 6.07) is 3.88. The van der Waals surface area contributed by atoms with Crippen LogP contribution in [0.15, 0.2) is 24.5 Å². The summed E-state index contributed by atoms with van der Waals surface area (Å²) in [6.45, 7) is 6.94. The van der Waals surface area contributed by atoms with E-state index in [9.17, 15) is 4.79 Å². The van der Waals surface area contributed by atoms with Crippen LogP contribution < -0.4 is 5.32 Å². The minimum atomic E-state index is -0.145. The van der Waals surface area contributed by atoms with Gasteiger partial charge in [0.1, 0.15) is 6.54 Å². The number of carbonyl (C=O) groups excluding carboxylic acids is 1. The average molecular weight is 352 g/mol. The Morgan fingerprint density at radius 3 is 2.85 bits per heavy atom. The predicted molar refractivity (Wildman–Crippen MR) is 98.7 cm³/mol. The number of nitrogens with one attached hydrogen (secondary N) is 1. The number of pyridine rings is 1. The van der Waals surface area contributed by atoms with Gasteiger partial charge in [0.25, 0.3) is 0 Å². The third-order valence-electron chi connectivity index (χ3n) is 4.96. The molecule has 1 aliphatic carbocycles. The minimum Gasteiger partial charge on any atom is -0.346 e. The summed E-state index contributed by atoms with van der Waals surface area (Å²) < 4.78 is 3.56. The van der Waals surface area contributed by atoms with Crippen molar-refractivity contribution in [2.24, 2.45) is 0 Å². The first kappa shape index (κ1) is 16.8. The van der Waals surface area contributed by atoms with Crippen LogP contribution in [0.1, 0.15) is 55.6 Å². The number of aromatic nitrogens is 5. The fourth-order valence-electron chi connectivity index (χ4n) is 3.44. The van der Waals surface area contributed by atoms with E-state index in [-0.39, 0.29) is 18.5 Å². The molecule has 7 nitrogen and oxygen atoms in total. The maximum Gasteiger partial charge on any atom is 0.242 e. The number of aryl methyl sites for hydroxylation is 2. The van der Waals surface area contributed by atoms with Crippen molar-refractivity contribution in [3.05, 3.63) is 41.5 Å². The number of hydrogen-bond donors (Lipinski definition) is 1. The van der Waals surface area contributed by atoms with E-state index in [1.807, 2.05) is 43.9 Å². The summed E-state index contributed by atoms with van der Waals surface area (Å²) in [5.74, 6) is 0.533. The van der Waals surface area contributed by atoms with Crippen molar-refractivity contribution in [1.29, 1.82) is 0 Å². The quantitative estimate of drug-likeness (QED) is 0.740. The van der Waals surface area contributed by atoms with Gasteiger partial charge >= 0.3 is 0 Å². The first-order valence-electron chi connectivity index (χ1n) is 9.21. The van der Waals surface area contributed by atoms with Gasteiger partial charge in [-0.2, -0.15) is 10.2 Å². The van der Waals surface area contributed by atoms with Crippen LogP contribution in [0.4, 0.5) is 0 Å². The van der Waals surface area contributed by atoms with Gasteiger partial charge in [-0.3, -0.25) is 9.48 Å². The number of hydrogen-bond acceptors (Lipinski definition) is 4. The highest BCUT2D eigenvalue weighted by atomic mass is 16.2. The highest BCUT2D eigenvalue weighted by molar-refractivity contribution is 5.85. The molecule has 1 N–H and O–H groups in total. The lowest BCUT2D eigenvalue weighted by molar-refractivity contribution is -0.122. The van der Waals surface area contributed by atoms with E-state index in [0.717, 1.165) is 29.0 Å². The van der Waals surface area contributed by atoms with Crippen LogP contribution in [0, 0.1) is 6.92 Å². The SMILES string of the molecule is CCn1ccc(C(C)NC(=O)Cn2nc(C)c3c(C4CC4)ccnc32)n1. The van der Waals surface area contributed by atoms with Gasteiger partial charge in [0.2, 0.25) is 5.91 Å². The van der Waals surface area contributed by atoms with Crippen molar-refractivity contribution < 1.29 is 4.79 Å². The normalized spacial score (nSPS) is 15.3. The molecule has 0 aromatic carbocycles. The van der Waals surface area contributed by atoms with Crippen molar-refractivity contribution >= 4 is 16.9 Å². The van der Waals surface area contributed by atoms with Crippen molar-refractivity contribution in [1.82, 2.24) is 29.9 Å². The van der Waals surface area contributed by atoms with E-state index < -0.39 is 0 Å². The first-order valence-corrected chi connectivity index (χ1v) is 9.21. The molecule has 26 heavy (non-hydrogen) atoms. The molecule has 7 heteroatoms. The number of nitrogens with zero attached hydrogens (tertiary/aromatic N) is 5. The first-order chi connectivity index (χ1) is 12.6. The third kappa shape index (κ3) is 3.09. The molecule has 1 atom stereocenters. The Balaban J connectivity index is 1.51. The molecular formula is C19H24N6O. The summed E-state index contributed by atoms with van der Waals surface area (Å²) >= 11 is 0. The zero-order chi connectivity index (χ0) is 18.3. The van der Waals surface area contributed by atoms with Crippen LogP contribution >= 0.6 is 0 Å². The zero-order valence-corrected chi connectivity index (χ0v) is 15.4. The van der Waals surface area contributed by atoms with Crippen molar-refractivity contribution in [2.75, 3.05) is 0 Å². The Kier molecular flexibility index (Phi) is 4.22. The molecule has 3 aromatic rings. The summed E-state index contributed by atoms with van der Waals surface area (Å²) in [6.07, 6.45) is 6.20. The van der Waals surface area contributed by atoms with Crippen LogP contribution in [0.3, 0.4) is 0 Å². The van der Waals surface area contributed by atoms with E-state index in [4.69, 9.17) is 0 Å². The molecule has 0 aliphatic heterocycles. The third-order valence-corrected chi connectivity index (χ3v) is 4.96. The molecule has 3 heterocycles. The van der Waals surface area contributed by atoms with Crippen LogP contribution in [0.2, 0.25) is 0 Å². The van der Waals surface area contributed by atoms with Crippen molar-refractivity contribution in [3.63, 3.8) is 0 Å². The van der Waals surface area contributed by atoms with Crippen LogP contribution in [-0.2, 0) is 17.9 Å². The van der Waals surface area contributed by atoms with Crippen molar-refractivity contribution in [2.45, 2.75) is 58.7 Å². The number of carbonyl (C=O) groups is 1. The van der Waals surface area contributed by atoms with Crippen LogP contribution in [0.5, 0.6) is 0 Å². The van der Waals surface area contributed by atoms with Gasteiger partial charge in [0.05, 0.1) is 17.4 Å². The molecule has 1 fully saturated rings.